The fraction of sp³-hybridized carbons (Fsp3) is 0.526. The fourth-order valence-electron chi connectivity index (χ4n) is 5.12. The maximum absolute atomic E-state index is 12.7. The first-order valence-electron chi connectivity index (χ1n) is 9.31. The normalized spacial score (nSPS) is 31.3. The van der Waals surface area contributed by atoms with Crippen molar-refractivity contribution in [3.8, 4) is 11.8 Å². The van der Waals surface area contributed by atoms with Crippen LogP contribution in [0.25, 0.3) is 0 Å². The zero-order chi connectivity index (χ0) is 21.4. The van der Waals surface area contributed by atoms with E-state index in [0.29, 0.717) is 37.2 Å². The van der Waals surface area contributed by atoms with Crippen LogP contribution in [-0.2, 0) is 36.2 Å². The molecular weight excluding hydrogens is 427 g/mol. The van der Waals surface area contributed by atoms with Crippen molar-refractivity contribution >= 4 is 10.1 Å². The minimum atomic E-state index is -5.79. The molecule has 0 N–H and O–H groups in total. The predicted molar refractivity (Wildman–Crippen MR) is 93.4 cm³/mol. The number of fused-ring (bicyclic) bond motifs is 3. The summed E-state index contributed by atoms with van der Waals surface area (Å²) in [5.41, 5.74) is -4.60. The van der Waals surface area contributed by atoms with E-state index in [1.165, 1.54) is 12.1 Å². The van der Waals surface area contributed by atoms with E-state index >= 15 is 0 Å². The van der Waals surface area contributed by atoms with Gasteiger partial charge in [0.25, 0.3) is 0 Å². The van der Waals surface area contributed by atoms with Gasteiger partial charge in [-0.15, -0.1) is 0 Å². The van der Waals surface area contributed by atoms with Gasteiger partial charge in [-0.2, -0.15) is 26.9 Å². The van der Waals surface area contributed by atoms with Gasteiger partial charge in [0.2, 0.25) is 0 Å². The third-order valence-electron chi connectivity index (χ3n) is 6.32. The van der Waals surface area contributed by atoms with Gasteiger partial charge in [0, 0.05) is 24.3 Å². The molecule has 0 aromatic heterocycles. The lowest BCUT2D eigenvalue weighted by molar-refractivity contribution is -0.154. The third-order valence-corrected chi connectivity index (χ3v) is 7.30. The molecule has 4 aliphatic rings. The fourth-order valence-corrected chi connectivity index (χ4v) is 5.57. The average molecular weight is 443 g/mol. The van der Waals surface area contributed by atoms with Crippen molar-refractivity contribution in [1.82, 2.24) is 0 Å². The van der Waals surface area contributed by atoms with Gasteiger partial charge in [-0.1, -0.05) is 6.07 Å². The van der Waals surface area contributed by atoms with Crippen LogP contribution >= 0.6 is 0 Å². The summed E-state index contributed by atoms with van der Waals surface area (Å²) in [5.74, 6) is -1.69. The molecule has 7 nitrogen and oxygen atoms in total. The Balaban J connectivity index is 1.55. The first-order valence-corrected chi connectivity index (χ1v) is 10.7. The van der Waals surface area contributed by atoms with Gasteiger partial charge in [0.15, 0.2) is 5.79 Å². The molecule has 1 saturated heterocycles. The van der Waals surface area contributed by atoms with Crippen molar-refractivity contribution in [3.63, 3.8) is 0 Å². The molecule has 2 fully saturated rings. The lowest BCUT2D eigenvalue weighted by Gasteiger charge is -2.49. The van der Waals surface area contributed by atoms with Crippen LogP contribution in [0.2, 0.25) is 0 Å². The summed E-state index contributed by atoms with van der Waals surface area (Å²) in [6, 6.07) is 6.26. The second-order valence-corrected chi connectivity index (χ2v) is 9.30. The Kier molecular flexibility index (Phi) is 4.01. The lowest BCUT2D eigenvalue weighted by Crippen LogP contribution is -2.54. The van der Waals surface area contributed by atoms with Crippen LogP contribution in [-0.4, -0.2) is 39.0 Å². The van der Waals surface area contributed by atoms with E-state index in [1.807, 2.05) is 0 Å². The molecule has 1 saturated carbocycles. The van der Waals surface area contributed by atoms with E-state index in [1.54, 1.807) is 6.26 Å². The maximum Gasteiger partial charge on any atom is 0.534 e. The molecule has 5 rings (SSSR count). The molecule has 0 amide bonds. The van der Waals surface area contributed by atoms with E-state index in [9.17, 15) is 26.9 Å². The molecular formula is C19H16F3NO6S. The predicted octanol–water partition coefficient (Wildman–Crippen LogP) is 2.67. The van der Waals surface area contributed by atoms with Crippen molar-refractivity contribution in [2.24, 2.45) is 5.92 Å². The lowest BCUT2D eigenvalue weighted by atomic mass is 9.55. The molecule has 0 bridgehead atoms. The first kappa shape index (κ1) is 19.7. The first-order chi connectivity index (χ1) is 14.1. The Morgan fingerprint density at radius 2 is 1.93 bits per heavy atom. The molecule has 30 heavy (non-hydrogen) atoms. The van der Waals surface area contributed by atoms with E-state index < -0.39 is 38.7 Å². The molecule has 11 heteroatoms. The highest BCUT2D eigenvalue weighted by Gasteiger charge is 2.63. The molecule has 0 radical (unpaired) electrons. The smallest absolute Gasteiger partial charge is 0.497 e. The zero-order valence-electron chi connectivity index (χ0n) is 15.4. The minimum Gasteiger partial charge on any atom is -0.497 e. The van der Waals surface area contributed by atoms with Crippen LogP contribution in [0.5, 0.6) is 5.75 Å². The van der Waals surface area contributed by atoms with Gasteiger partial charge < -0.3 is 18.4 Å². The van der Waals surface area contributed by atoms with Crippen molar-refractivity contribution in [1.29, 1.82) is 5.26 Å². The second kappa shape index (κ2) is 6.12. The van der Waals surface area contributed by atoms with Crippen LogP contribution in [0, 0.1) is 17.2 Å². The average Bonchev–Trinajstić information content (AvgIpc) is 3.32. The van der Waals surface area contributed by atoms with Crippen molar-refractivity contribution in [2.75, 3.05) is 13.2 Å². The molecule has 3 atom stereocenters. The topological polar surface area (TPSA) is 94.8 Å². The molecule has 1 aromatic rings. The van der Waals surface area contributed by atoms with Gasteiger partial charge >= 0.3 is 15.6 Å². The van der Waals surface area contributed by atoms with Crippen LogP contribution in [0.1, 0.15) is 24.0 Å². The zero-order valence-corrected chi connectivity index (χ0v) is 16.3. The van der Waals surface area contributed by atoms with Crippen LogP contribution in [0.4, 0.5) is 13.2 Å². The summed E-state index contributed by atoms with van der Waals surface area (Å²) < 4.78 is 82.5. The van der Waals surface area contributed by atoms with E-state index in [0.717, 1.165) is 11.6 Å². The van der Waals surface area contributed by atoms with Crippen molar-refractivity contribution < 1.29 is 40.0 Å². The molecule has 160 valence electrons. The molecule has 2 heterocycles. The minimum absolute atomic E-state index is 0.281. The number of alkyl halides is 3. The number of ether oxygens (including phenoxy) is 3. The summed E-state index contributed by atoms with van der Waals surface area (Å²) >= 11 is 0. The number of nitrogens with zero attached hydrogens (tertiary/aromatic N) is 1. The SMILES string of the molecule is N#CC12CCC3(OCCO3)C3=COC(Cc4cc(OS(=O)(=O)C(F)(F)F)ccc41)C32. The molecule has 2 aliphatic heterocycles. The Morgan fingerprint density at radius 1 is 1.20 bits per heavy atom. The summed E-state index contributed by atoms with van der Waals surface area (Å²) in [7, 11) is -5.79. The van der Waals surface area contributed by atoms with Crippen LogP contribution in [0.15, 0.2) is 30.0 Å². The number of nitriles is 1. The monoisotopic (exact) mass is 443 g/mol. The Labute approximate surface area is 170 Å². The summed E-state index contributed by atoms with van der Waals surface area (Å²) in [6.45, 7) is 0.887. The quantitative estimate of drug-likeness (QED) is 0.512. The molecule has 3 unspecified atom stereocenters. The van der Waals surface area contributed by atoms with E-state index in [4.69, 9.17) is 14.2 Å². The summed E-state index contributed by atoms with van der Waals surface area (Å²) in [4.78, 5) is 0. The molecule has 1 aromatic carbocycles. The van der Waals surface area contributed by atoms with Gasteiger partial charge in [0.1, 0.15) is 11.9 Å². The standard InChI is InChI=1S/C19H16F3NO6S/c20-19(21,22)30(24,25)29-12-1-2-13-11(7-12)8-15-16-14(9-26-15)18(27-5-6-28-18)4-3-17(13,16)10-23/h1-2,7,9,15-16H,3-6,8H2. The third kappa shape index (κ3) is 2.53. The van der Waals surface area contributed by atoms with Crippen molar-refractivity contribution in [2.45, 2.75) is 42.1 Å². The maximum atomic E-state index is 12.7. The largest absolute Gasteiger partial charge is 0.534 e. The number of hydrogen-bond acceptors (Lipinski definition) is 7. The molecule has 2 aliphatic carbocycles. The number of rotatable bonds is 2. The highest BCUT2D eigenvalue weighted by Crippen LogP contribution is 2.59. The van der Waals surface area contributed by atoms with Gasteiger partial charge in [0.05, 0.1) is 31.0 Å². The summed E-state index contributed by atoms with van der Waals surface area (Å²) in [5, 5.41) is 10.2. The van der Waals surface area contributed by atoms with E-state index in [-0.39, 0.29) is 12.3 Å². The van der Waals surface area contributed by atoms with Crippen LogP contribution < -0.4 is 4.18 Å². The highest BCUT2D eigenvalue weighted by molar-refractivity contribution is 7.88. The Bertz CT molecular complexity index is 1090. The Hall–Kier alpha value is -2.29. The highest BCUT2D eigenvalue weighted by atomic mass is 32.2. The van der Waals surface area contributed by atoms with Crippen molar-refractivity contribution in [3.05, 3.63) is 41.2 Å². The van der Waals surface area contributed by atoms with Gasteiger partial charge in [-0.3, -0.25) is 0 Å². The second-order valence-electron chi connectivity index (χ2n) is 7.76. The Morgan fingerprint density at radius 3 is 2.60 bits per heavy atom. The van der Waals surface area contributed by atoms with Gasteiger partial charge in [-0.05, 0) is 29.7 Å². The molecule has 1 spiro atoms. The van der Waals surface area contributed by atoms with E-state index in [2.05, 4.69) is 10.3 Å². The van der Waals surface area contributed by atoms with Crippen LogP contribution in [0.3, 0.4) is 0 Å². The summed E-state index contributed by atoms with van der Waals surface area (Å²) in [6.07, 6.45) is 2.25. The number of benzene rings is 1. The number of hydrogen-bond donors (Lipinski definition) is 0. The van der Waals surface area contributed by atoms with Gasteiger partial charge in [-0.25, -0.2) is 0 Å². The number of halogens is 3.